The molecule has 28 heavy (non-hydrogen) atoms. The minimum atomic E-state index is -0.368. The van der Waals surface area contributed by atoms with E-state index in [0.29, 0.717) is 6.42 Å². The van der Waals surface area contributed by atoms with Crippen molar-refractivity contribution in [2.45, 2.75) is 31.9 Å². The summed E-state index contributed by atoms with van der Waals surface area (Å²) in [5.41, 5.74) is 11.3. The van der Waals surface area contributed by atoms with Crippen LogP contribution in [0.2, 0.25) is 0 Å². The fourth-order valence-corrected chi connectivity index (χ4v) is 4.51. The number of carbonyl (C=O) groups is 1. The van der Waals surface area contributed by atoms with Crippen LogP contribution in [0.4, 0.5) is 17.1 Å². The Morgan fingerprint density at radius 3 is 2.57 bits per heavy atom. The Morgan fingerprint density at radius 2 is 1.82 bits per heavy atom. The number of amides is 1. The molecule has 1 aliphatic heterocycles. The highest BCUT2D eigenvalue weighted by Crippen LogP contribution is 2.31. The maximum atomic E-state index is 11.5. The first-order valence-corrected chi connectivity index (χ1v) is 9.93. The zero-order valence-electron chi connectivity index (χ0n) is 16.3. The smallest absolute Gasteiger partial charge is 0.221 e. The van der Waals surface area contributed by atoms with Crippen molar-refractivity contribution in [1.29, 1.82) is 0 Å². The Balaban J connectivity index is 1.45. The summed E-state index contributed by atoms with van der Waals surface area (Å²) in [5.74, 6) is -0.0623. The molecule has 6 heteroatoms. The molecule has 0 saturated carbocycles. The first-order chi connectivity index (χ1) is 13.5. The Hall–Kier alpha value is -2.57. The third-order valence-electron chi connectivity index (χ3n) is 5.93. The number of para-hydroxylation sites is 2. The highest BCUT2D eigenvalue weighted by atomic mass is 16.3. The van der Waals surface area contributed by atoms with Crippen LogP contribution in [0.25, 0.3) is 0 Å². The lowest BCUT2D eigenvalue weighted by Gasteiger charge is -2.44. The van der Waals surface area contributed by atoms with Gasteiger partial charge in [-0.05, 0) is 35.7 Å². The van der Waals surface area contributed by atoms with Crippen molar-refractivity contribution >= 4 is 23.0 Å². The minimum absolute atomic E-state index is 0.0623. The van der Waals surface area contributed by atoms with E-state index in [4.69, 9.17) is 5.73 Å². The molecule has 2 atom stereocenters. The number of nitrogens with one attached hydrogen (secondary N) is 1. The number of nitrogen functional groups attached to an aromatic ring is 1. The number of nitrogens with zero attached hydrogens (tertiary/aromatic N) is 2. The van der Waals surface area contributed by atoms with E-state index in [1.807, 2.05) is 36.4 Å². The number of aliphatic hydroxyl groups is 1. The summed E-state index contributed by atoms with van der Waals surface area (Å²) in [6.07, 6.45) is 1.09. The predicted octanol–water partition coefficient (Wildman–Crippen LogP) is 1.88. The molecule has 0 bridgehead atoms. The van der Waals surface area contributed by atoms with Crippen molar-refractivity contribution in [2.24, 2.45) is 0 Å². The molecule has 2 unspecified atom stereocenters. The third kappa shape index (κ3) is 3.70. The van der Waals surface area contributed by atoms with Crippen molar-refractivity contribution in [3.05, 3.63) is 53.6 Å². The van der Waals surface area contributed by atoms with E-state index in [2.05, 4.69) is 21.2 Å². The van der Waals surface area contributed by atoms with E-state index < -0.39 is 0 Å². The van der Waals surface area contributed by atoms with Gasteiger partial charge in [-0.2, -0.15) is 0 Å². The average Bonchev–Trinajstić information content (AvgIpc) is 2.68. The van der Waals surface area contributed by atoms with Gasteiger partial charge in [-0.3, -0.25) is 9.69 Å². The van der Waals surface area contributed by atoms with Gasteiger partial charge < -0.3 is 21.1 Å². The average molecular weight is 380 g/mol. The largest absolute Gasteiger partial charge is 0.398 e. The van der Waals surface area contributed by atoms with Gasteiger partial charge in [0.15, 0.2) is 0 Å². The Bertz CT molecular complexity index is 861. The van der Waals surface area contributed by atoms with Crippen LogP contribution in [0.3, 0.4) is 0 Å². The van der Waals surface area contributed by atoms with Crippen LogP contribution in [-0.4, -0.2) is 54.2 Å². The zero-order valence-corrected chi connectivity index (χ0v) is 16.3. The molecule has 4 rings (SSSR count). The second-order valence-corrected chi connectivity index (χ2v) is 7.75. The molecule has 2 aromatic rings. The van der Waals surface area contributed by atoms with Gasteiger partial charge in [0.1, 0.15) is 0 Å². The Morgan fingerprint density at radius 1 is 1.07 bits per heavy atom. The number of hydrogen-bond acceptors (Lipinski definition) is 5. The number of carbonyl (C=O) groups excluding carboxylic acids is 1. The summed E-state index contributed by atoms with van der Waals surface area (Å²) >= 11 is 0. The molecule has 0 aromatic heterocycles. The van der Waals surface area contributed by atoms with Crippen LogP contribution in [0.5, 0.6) is 0 Å². The van der Waals surface area contributed by atoms with E-state index >= 15 is 0 Å². The number of anilines is 3. The maximum Gasteiger partial charge on any atom is 0.221 e. The molecule has 0 radical (unpaired) electrons. The van der Waals surface area contributed by atoms with E-state index in [1.165, 1.54) is 18.1 Å². The van der Waals surface area contributed by atoms with E-state index in [1.54, 1.807) is 0 Å². The molecule has 1 amide bonds. The van der Waals surface area contributed by atoms with Crippen molar-refractivity contribution < 1.29 is 9.90 Å². The van der Waals surface area contributed by atoms with Gasteiger partial charge in [-0.1, -0.05) is 24.3 Å². The monoisotopic (exact) mass is 380 g/mol. The van der Waals surface area contributed by atoms with Crippen LogP contribution >= 0.6 is 0 Å². The standard InChI is InChI=1S/C22H28N4O2/c1-15(27)24-19-7-2-3-8-20(19)25-9-11-26(12-10-25)21-14-17-16(13-22(21)28)5-4-6-18(17)23/h2-8,21-22,28H,9-14,23H2,1H3,(H,24,27). The summed E-state index contributed by atoms with van der Waals surface area (Å²) < 4.78 is 0. The topological polar surface area (TPSA) is 81.8 Å². The number of nitrogens with two attached hydrogens (primary N) is 1. The van der Waals surface area contributed by atoms with Gasteiger partial charge in [0.25, 0.3) is 0 Å². The second kappa shape index (κ2) is 7.81. The normalized spacial score (nSPS) is 22.6. The lowest BCUT2D eigenvalue weighted by Crippen LogP contribution is -2.56. The fourth-order valence-electron chi connectivity index (χ4n) is 4.51. The quantitative estimate of drug-likeness (QED) is 0.709. The summed E-state index contributed by atoms with van der Waals surface area (Å²) in [6.45, 7) is 4.99. The summed E-state index contributed by atoms with van der Waals surface area (Å²) in [7, 11) is 0. The number of rotatable bonds is 3. The van der Waals surface area contributed by atoms with Crippen molar-refractivity contribution in [3.63, 3.8) is 0 Å². The number of aliphatic hydroxyl groups excluding tert-OH is 1. The van der Waals surface area contributed by atoms with Crippen molar-refractivity contribution in [3.8, 4) is 0 Å². The van der Waals surface area contributed by atoms with Gasteiger partial charge in [-0.25, -0.2) is 0 Å². The molecule has 6 nitrogen and oxygen atoms in total. The second-order valence-electron chi connectivity index (χ2n) is 7.75. The molecule has 2 aliphatic rings. The maximum absolute atomic E-state index is 11.5. The van der Waals surface area contributed by atoms with Gasteiger partial charge >= 0.3 is 0 Å². The van der Waals surface area contributed by atoms with Crippen LogP contribution in [0.15, 0.2) is 42.5 Å². The van der Waals surface area contributed by atoms with Gasteiger partial charge in [-0.15, -0.1) is 0 Å². The molecular weight excluding hydrogens is 352 g/mol. The first kappa shape index (κ1) is 18.8. The Kier molecular flexibility index (Phi) is 5.24. The van der Waals surface area contributed by atoms with Crippen molar-refractivity contribution in [2.75, 3.05) is 42.1 Å². The van der Waals surface area contributed by atoms with Gasteiger partial charge in [0.05, 0.1) is 17.5 Å². The van der Waals surface area contributed by atoms with Crippen LogP contribution in [0.1, 0.15) is 18.1 Å². The Labute approximate surface area is 165 Å². The first-order valence-electron chi connectivity index (χ1n) is 9.93. The molecule has 1 saturated heterocycles. The van der Waals surface area contributed by atoms with E-state index in [-0.39, 0.29) is 18.1 Å². The fraction of sp³-hybridized carbons (Fsp3) is 0.409. The molecular formula is C22H28N4O2. The zero-order chi connectivity index (χ0) is 19.7. The highest BCUT2D eigenvalue weighted by molar-refractivity contribution is 5.92. The molecule has 2 aromatic carbocycles. The van der Waals surface area contributed by atoms with Crippen LogP contribution in [0, 0.1) is 0 Å². The number of piperazine rings is 1. The van der Waals surface area contributed by atoms with E-state index in [0.717, 1.165) is 49.7 Å². The van der Waals surface area contributed by atoms with E-state index in [9.17, 15) is 9.90 Å². The molecule has 0 spiro atoms. The van der Waals surface area contributed by atoms with Crippen LogP contribution < -0.4 is 16.0 Å². The lowest BCUT2D eigenvalue weighted by atomic mass is 9.84. The summed E-state index contributed by atoms with van der Waals surface area (Å²) in [5, 5.41) is 13.7. The molecule has 1 fully saturated rings. The minimum Gasteiger partial charge on any atom is -0.398 e. The molecule has 1 heterocycles. The number of benzene rings is 2. The molecule has 148 valence electrons. The number of fused-ring (bicyclic) bond motifs is 1. The summed E-state index contributed by atoms with van der Waals surface area (Å²) in [6, 6.07) is 14.0. The SMILES string of the molecule is CC(=O)Nc1ccccc1N1CCN(C2Cc3c(N)cccc3CC2O)CC1. The third-order valence-corrected chi connectivity index (χ3v) is 5.93. The van der Waals surface area contributed by atoms with Gasteiger partial charge in [0.2, 0.25) is 5.91 Å². The highest BCUT2D eigenvalue weighted by Gasteiger charge is 2.34. The lowest BCUT2D eigenvalue weighted by molar-refractivity contribution is -0.114. The molecule has 1 aliphatic carbocycles. The van der Waals surface area contributed by atoms with Crippen LogP contribution in [-0.2, 0) is 17.6 Å². The molecule has 4 N–H and O–H groups in total. The summed E-state index contributed by atoms with van der Waals surface area (Å²) in [4.78, 5) is 16.2. The predicted molar refractivity (Wildman–Crippen MR) is 113 cm³/mol. The van der Waals surface area contributed by atoms with Gasteiger partial charge in [0, 0.05) is 51.3 Å². The van der Waals surface area contributed by atoms with Crippen molar-refractivity contribution in [1.82, 2.24) is 4.90 Å². The number of hydrogen-bond donors (Lipinski definition) is 3.